The highest BCUT2D eigenvalue weighted by molar-refractivity contribution is 6.12. The van der Waals surface area contributed by atoms with Crippen LogP contribution in [0, 0.1) is 0 Å². The Balaban J connectivity index is 1.16. The molecule has 5 heteroatoms. The van der Waals surface area contributed by atoms with Crippen LogP contribution in [-0.4, -0.2) is 22.7 Å². The number of hydrogen-bond donors (Lipinski definition) is 0. The number of rotatable bonds is 1. The van der Waals surface area contributed by atoms with Gasteiger partial charge in [0.25, 0.3) is 5.82 Å². The fourth-order valence-corrected chi connectivity index (χ4v) is 9.39. The van der Waals surface area contributed by atoms with Crippen molar-refractivity contribution in [2.45, 2.75) is 11.7 Å². The lowest BCUT2D eigenvalue weighted by Crippen LogP contribution is -2.70. The fourth-order valence-electron chi connectivity index (χ4n) is 9.39. The summed E-state index contributed by atoms with van der Waals surface area (Å²) in [7, 11) is 2.27. The molecule has 0 saturated heterocycles. The second kappa shape index (κ2) is 8.01. The second-order valence-corrected chi connectivity index (χ2v) is 13.3. The maximum Gasteiger partial charge on any atom is 0.288 e. The quantitative estimate of drug-likeness (QED) is 0.139. The number of para-hydroxylation sites is 1. The molecule has 0 saturated carbocycles. The summed E-state index contributed by atoms with van der Waals surface area (Å²) < 4.78 is 11.8. The number of fused-ring (bicyclic) bond motifs is 9. The maximum atomic E-state index is 6.84. The normalized spacial score (nSPS) is 19.7. The number of benzene rings is 6. The van der Waals surface area contributed by atoms with Crippen LogP contribution in [-0.2, 0) is 5.54 Å². The number of likely N-dealkylation sites (N-methyl/N-ethyl adjacent to an activating group) is 1. The Labute approximate surface area is 270 Å². The van der Waals surface area contributed by atoms with Crippen molar-refractivity contribution in [2.24, 2.45) is 0 Å². The Morgan fingerprint density at radius 3 is 2.36 bits per heavy atom. The molecule has 1 spiro atoms. The minimum atomic E-state index is -0.556. The van der Waals surface area contributed by atoms with Crippen molar-refractivity contribution in [1.29, 1.82) is 0 Å². The first-order chi connectivity index (χ1) is 23.2. The highest BCUT2D eigenvalue weighted by atomic mass is 16.5. The van der Waals surface area contributed by atoms with E-state index >= 15 is 0 Å². The zero-order valence-electron chi connectivity index (χ0n) is 25.6. The van der Waals surface area contributed by atoms with E-state index in [1.54, 1.807) is 0 Å². The average Bonchev–Trinajstić information content (AvgIpc) is 3.74. The molecule has 220 valence electrons. The van der Waals surface area contributed by atoms with Gasteiger partial charge in [0.05, 0.1) is 28.7 Å². The number of nitrogens with zero attached hydrogens (tertiary/aromatic N) is 4. The zero-order valence-corrected chi connectivity index (χ0v) is 25.6. The van der Waals surface area contributed by atoms with Gasteiger partial charge in [0.2, 0.25) is 5.54 Å². The molecule has 6 heterocycles. The average molecular weight is 604 g/mol. The van der Waals surface area contributed by atoms with Gasteiger partial charge in [0, 0.05) is 30.1 Å². The van der Waals surface area contributed by atoms with Crippen molar-refractivity contribution in [3.8, 4) is 17.3 Å². The zero-order chi connectivity index (χ0) is 30.6. The summed E-state index contributed by atoms with van der Waals surface area (Å²) in [6.45, 7) is 0. The van der Waals surface area contributed by atoms with E-state index in [2.05, 4.69) is 166 Å². The SMILES string of the molecule is CN1C(c2ccc3cc4ccccc4cc3c2)=CN2c3cccc4c3C3(c5c(ccc6c7ccccc7n(c56)-c5cccc[n+]53)O4)C12. The monoisotopic (exact) mass is 603 g/mol. The van der Waals surface area contributed by atoms with Gasteiger partial charge in [0.15, 0.2) is 11.7 Å². The molecule has 0 radical (unpaired) electrons. The lowest BCUT2D eigenvalue weighted by atomic mass is 9.76. The van der Waals surface area contributed by atoms with Gasteiger partial charge < -0.3 is 14.5 Å². The van der Waals surface area contributed by atoms with Gasteiger partial charge in [0.1, 0.15) is 17.0 Å². The number of anilines is 1. The molecule has 2 aromatic heterocycles. The second-order valence-electron chi connectivity index (χ2n) is 13.3. The van der Waals surface area contributed by atoms with Crippen molar-refractivity contribution in [2.75, 3.05) is 11.9 Å². The van der Waals surface area contributed by atoms with E-state index in [9.17, 15) is 0 Å². The molecule has 4 aliphatic heterocycles. The summed E-state index contributed by atoms with van der Waals surface area (Å²) in [6, 6.07) is 46.5. The predicted octanol–water partition coefficient (Wildman–Crippen LogP) is 8.68. The lowest BCUT2D eigenvalue weighted by Gasteiger charge is -2.43. The van der Waals surface area contributed by atoms with Crippen molar-refractivity contribution in [3.05, 3.63) is 156 Å². The first kappa shape index (κ1) is 24.2. The molecule has 0 bridgehead atoms. The van der Waals surface area contributed by atoms with E-state index in [0.717, 1.165) is 17.3 Å². The molecule has 5 nitrogen and oxygen atoms in total. The highest BCUT2D eigenvalue weighted by Crippen LogP contribution is 2.63. The van der Waals surface area contributed by atoms with Crippen LogP contribution in [0.4, 0.5) is 5.69 Å². The summed E-state index contributed by atoms with van der Waals surface area (Å²) in [5.74, 6) is 3.01. The molecule has 12 rings (SSSR count). The fraction of sp³-hybridized carbons (Fsp3) is 0.0714. The van der Waals surface area contributed by atoms with E-state index in [1.165, 1.54) is 71.4 Å². The lowest BCUT2D eigenvalue weighted by molar-refractivity contribution is -0.743. The van der Waals surface area contributed by atoms with Crippen LogP contribution in [0.2, 0.25) is 0 Å². The minimum absolute atomic E-state index is 0.0490. The molecule has 0 aliphatic carbocycles. The molecule has 0 N–H and O–H groups in total. The molecular weight excluding hydrogens is 576 g/mol. The highest BCUT2D eigenvalue weighted by Gasteiger charge is 2.68. The predicted molar refractivity (Wildman–Crippen MR) is 187 cm³/mol. The molecule has 0 fully saturated rings. The number of aromatic nitrogens is 2. The Morgan fingerprint density at radius 2 is 1.45 bits per heavy atom. The molecule has 2 unspecified atom stereocenters. The number of ether oxygens (including phenoxy) is 1. The largest absolute Gasteiger partial charge is 0.456 e. The van der Waals surface area contributed by atoms with Crippen LogP contribution in [0.15, 0.2) is 140 Å². The van der Waals surface area contributed by atoms with Crippen molar-refractivity contribution in [3.63, 3.8) is 0 Å². The topological polar surface area (TPSA) is 24.5 Å². The van der Waals surface area contributed by atoms with Gasteiger partial charge in [-0.3, -0.25) is 0 Å². The standard InChI is InChI=1S/C42H27N4O/c1-43-34(28-17-16-27-21-25-9-2-3-10-26(25)22-29(27)23-28)24-44-33-13-8-14-35-38(33)42(41(43)44)39-36(47-35)19-18-31-30-11-4-5-12-32(30)46(40(31)39)37-15-6-7-20-45(37)42/h2-24,41H,1H3/q+1. The summed E-state index contributed by atoms with van der Waals surface area (Å²) in [5.41, 5.74) is 7.96. The molecule has 2 atom stereocenters. The Morgan fingerprint density at radius 1 is 0.660 bits per heavy atom. The summed E-state index contributed by atoms with van der Waals surface area (Å²) in [5, 5.41) is 7.56. The first-order valence-corrected chi connectivity index (χ1v) is 16.3. The van der Waals surface area contributed by atoms with E-state index < -0.39 is 5.54 Å². The number of pyridine rings is 1. The van der Waals surface area contributed by atoms with E-state index in [-0.39, 0.29) is 6.17 Å². The third kappa shape index (κ3) is 2.66. The van der Waals surface area contributed by atoms with Crippen LogP contribution < -0.4 is 14.2 Å². The molecule has 4 aliphatic rings. The van der Waals surface area contributed by atoms with Crippen LogP contribution in [0.25, 0.3) is 54.9 Å². The van der Waals surface area contributed by atoms with Gasteiger partial charge in [-0.25, -0.2) is 4.57 Å². The smallest absolute Gasteiger partial charge is 0.288 e. The van der Waals surface area contributed by atoms with Crippen LogP contribution in [0.3, 0.4) is 0 Å². The third-order valence-electron chi connectivity index (χ3n) is 11.2. The third-order valence-corrected chi connectivity index (χ3v) is 11.2. The number of hydrogen-bond acceptors (Lipinski definition) is 3. The van der Waals surface area contributed by atoms with Gasteiger partial charge >= 0.3 is 0 Å². The first-order valence-electron chi connectivity index (χ1n) is 16.3. The summed E-state index contributed by atoms with van der Waals surface area (Å²) >= 11 is 0. The van der Waals surface area contributed by atoms with Crippen LogP contribution >= 0.6 is 0 Å². The molecule has 8 aromatic rings. The Hall–Kier alpha value is -6.07. The summed E-state index contributed by atoms with van der Waals surface area (Å²) in [6.07, 6.45) is 4.59. The molecule has 0 amide bonds. The van der Waals surface area contributed by atoms with Crippen molar-refractivity contribution >= 4 is 54.7 Å². The van der Waals surface area contributed by atoms with Gasteiger partial charge in [-0.05, 0) is 87.8 Å². The Bertz CT molecular complexity index is 2780. The van der Waals surface area contributed by atoms with Gasteiger partial charge in [-0.2, -0.15) is 4.57 Å². The molecule has 47 heavy (non-hydrogen) atoms. The summed E-state index contributed by atoms with van der Waals surface area (Å²) in [4.78, 5) is 5.00. The Kier molecular flexibility index (Phi) is 4.12. The van der Waals surface area contributed by atoms with Gasteiger partial charge in [-0.15, -0.1) is 0 Å². The van der Waals surface area contributed by atoms with Crippen molar-refractivity contribution in [1.82, 2.24) is 9.47 Å². The van der Waals surface area contributed by atoms with Crippen molar-refractivity contribution < 1.29 is 9.30 Å². The van der Waals surface area contributed by atoms with Crippen LogP contribution in [0.5, 0.6) is 11.5 Å². The van der Waals surface area contributed by atoms with E-state index in [0.29, 0.717) is 0 Å². The van der Waals surface area contributed by atoms with E-state index in [4.69, 9.17) is 4.74 Å². The minimum Gasteiger partial charge on any atom is -0.456 e. The van der Waals surface area contributed by atoms with Gasteiger partial charge in [-0.1, -0.05) is 60.7 Å². The molecular formula is C42H27N4O+. The maximum absolute atomic E-state index is 6.84. The molecule has 6 aromatic carbocycles. The van der Waals surface area contributed by atoms with E-state index in [1.807, 2.05) is 0 Å². The van der Waals surface area contributed by atoms with Crippen LogP contribution in [0.1, 0.15) is 16.7 Å².